The number of halogens is 1. The molecule has 4 rings (SSSR count). The van der Waals surface area contributed by atoms with Crippen molar-refractivity contribution in [3.8, 4) is 0 Å². The number of hydrogen-bond donors (Lipinski definition) is 3. The van der Waals surface area contributed by atoms with Crippen molar-refractivity contribution in [2.24, 2.45) is 0 Å². The van der Waals surface area contributed by atoms with E-state index in [9.17, 15) is 18.8 Å². The summed E-state index contributed by atoms with van der Waals surface area (Å²) in [6, 6.07) is 15.3. The number of benzene rings is 2. The van der Waals surface area contributed by atoms with E-state index in [0.717, 1.165) is 18.1 Å². The van der Waals surface area contributed by atoms with E-state index < -0.39 is 29.1 Å². The van der Waals surface area contributed by atoms with Gasteiger partial charge in [-0.2, -0.15) is 0 Å². The first-order valence-corrected chi connectivity index (χ1v) is 10.7. The molecule has 7 nitrogen and oxygen atoms in total. The lowest BCUT2D eigenvalue weighted by Gasteiger charge is -2.23. The van der Waals surface area contributed by atoms with Gasteiger partial charge in [-0.3, -0.25) is 14.4 Å². The van der Waals surface area contributed by atoms with Gasteiger partial charge in [0.15, 0.2) is 5.16 Å². The molecule has 31 heavy (non-hydrogen) atoms. The highest BCUT2D eigenvalue weighted by Crippen LogP contribution is 2.30. The van der Waals surface area contributed by atoms with Crippen LogP contribution in [-0.2, 0) is 16.0 Å². The Morgan fingerprint density at radius 2 is 1.97 bits per heavy atom. The number of thioether (sulfide) groups is 1. The molecule has 0 unspecified atom stereocenters. The number of hydrogen-bond acceptors (Lipinski definition) is 5. The third-order valence-corrected chi connectivity index (χ3v) is 5.69. The molecule has 1 aliphatic heterocycles. The molecule has 2 aromatic carbocycles. The summed E-state index contributed by atoms with van der Waals surface area (Å²) in [5.74, 6) is -1.74. The lowest BCUT2D eigenvalue weighted by Crippen LogP contribution is -2.36. The number of H-pyrrole nitrogens is 1. The number of anilines is 2. The van der Waals surface area contributed by atoms with Crippen molar-refractivity contribution in [1.29, 1.82) is 0 Å². The van der Waals surface area contributed by atoms with Crippen molar-refractivity contribution < 1.29 is 14.0 Å². The minimum Gasteiger partial charge on any atom is -0.325 e. The van der Waals surface area contributed by atoms with E-state index in [1.807, 2.05) is 30.3 Å². The van der Waals surface area contributed by atoms with Gasteiger partial charge in [0, 0.05) is 17.9 Å². The minimum absolute atomic E-state index is 0.0848. The number of nitrogens with one attached hydrogen (secondary N) is 3. The highest BCUT2D eigenvalue weighted by molar-refractivity contribution is 7.99. The molecule has 2 amide bonds. The summed E-state index contributed by atoms with van der Waals surface area (Å²) in [6.45, 7) is 0. The highest BCUT2D eigenvalue weighted by atomic mass is 32.2. The topological polar surface area (TPSA) is 104 Å². The predicted octanol–water partition coefficient (Wildman–Crippen LogP) is 3.31. The van der Waals surface area contributed by atoms with Crippen molar-refractivity contribution in [2.75, 3.05) is 16.4 Å². The SMILES string of the molecule is O=C1C[C@H](C(=O)Nc2cccc(F)c2)c2c(nc(SCCc3ccccc3)[nH]c2=O)N1. The maximum atomic E-state index is 13.4. The van der Waals surface area contributed by atoms with Crippen LogP contribution in [0.2, 0.25) is 0 Å². The molecule has 1 aliphatic rings. The number of carbonyl (C=O) groups excluding carboxylic acids is 2. The number of fused-ring (bicyclic) bond motifs is 1. The zero-order valence-electron chi connectivity index (χ0n) is 16.4. The smallest absolute Gasteiger partial charge is 0.257 e. The Morgan fingerprint density at radius 1 is 1.16 bits per heavy atom. The average Bonchev–Trinajstić information content (AvgIpc) is 2.73. The molecule has 9 heteroatoms. The van der Waals surface area contributed by atoms with Crippen LogP contribution < -0.4 is 16.2 Å². The lowest BCUT2D eigenvalue weighted by atomic mass is 9.92. The van der Waals surface area contributed by atoms with Gasteiger partial charge in [-0.1, -0.05) is 48.2 Å². The van der Waals surface area contributed by atoms with Gasteiger partial charge in [0.25, 0.3) is 5.56 Å². The van der Waals surface area contributed by atoms with Gasteiger partial charge >= 0.3 is 0 Å². The second kappa shape index (κ2) is 9.13. The quantitative estimate of drug-likeness (QED) is 0.405. The number of carbonyl (C=O) groups is 2. The van der Waals surface area contributed by atoms with E-state index in [0.29, 0.717) is 10.9 Å². The van der Waals surface area contributed by atoms with Crippen LogP contribution in [0.15, 0.2) is 64.5 Å². The minimum atomic E-state index is -1.02. The summed E-state index contributed by atoms with van der Waals surface area (Å²) >= 11 is 1.36. The number of aromatic amines is 1. The Morgan fingerprint density at radius 3 is 2.74 bits per heavy atom. The molecule has 1 aromatic heterocycles. The molecule has 0 radical (unpaired) electrons. The largest absolute Gasteiger partial charge is 0.325 e. The summed E-state index contributed by atoms with van der Waals surface area (Å²) in [4.78, 5) is 44.7. The molecule has 0 fully saturated rings. The van der Waals surface area contributed by atoms with E-state index in [1.165, 1.54) is 30.0 Å². The molecule has 3 aromatic rings. The van der Waals surface area contributed by atoms with Gasteiger partial charge in [-0.15, -0.1) is 0 Å². The first-order chi connectivity index (χ1) is 15.0. The van der Waals surface area contributed by atoms with Crippen LogP contribution >= 0.6 is 11.8 Å². The van der Waals surface area contributed by atoms with E-state index in [4.69, 9.17) is 0 Å². The van der Waals surface area contributed by atoms with E-state index >= 15 is 0 Å². The third-order valence-electron chi connectivity index (χ3n) is 4.81. The van der Waals surface area contributed by atoms with Gasteiger partial charge in [-0.05, 0) is 30.2 Å². The molecule has 0 saturated heterocycles. The number of rotatable bonds is 6. The van der Waals surface area contributed by atoms with Crippen molar-refractivity contribution in [1.82, 2.24) is 9.97 Å². The fourth-order valence-electron chi connectivity index (χ4n) is 3.35. The second-order valence-electron chi connectivity index (χ2n) is 7.02. The van der Waals surface area contributed by atoms with Crippen LogP contribution in [0.1, 0.15) is 23.5 Å². The normalized spacial score (nSPS) is 15.1. The molecule has 0 spiro atoms. The zero-order valence-corrected chi connectivity index (χ0v) is 17.2. The van der Waals surface area contributed by atoms with Crippen molar-refractivity contribution in [3.63, 3.8) is 0 Å². The zero-order chi connectivity index (χ0) is 21.8. The summed E-state index contributed by atoms with van der Waals surface area (Å²) in [5, 5.41) is 5.51. The Bertz CT molecular complexity index is 1180. The fraction of sp³-hybridized carbons (Fsp3) is 0.182. The van der Waals surface area contributed by atoms with Crippen LogP contribution in [0.4, 0.5) is 15.9 Å². The molecule has 0 saturated carbocycles. The molecular weight excluding hydrogens is 419 g/mol. The van der Waals surface area contributed by atoms with Crippen LogP contribution in [0.25, 0.3) is 0 Å². The first kappa shape index (κ1) is 20.8. The maximum Gasteiger partial charge on any atom is 0.257 e. The van der Waals surface area contributed by atoms with Crippen LogP contribution in [-0.4, -0.2) is 27.5 Å². The van der Waals surface area contributed by atoms with Crippen LogP contribution in [0.5, 0.6) is 0 Å². The number of aromatic nitrogens is 2. The molecule has 1 atom stereocenters. The van der Waals surface area contributed by atoms with Gasteiger partial charge < -0.3 is 15.6 Å². The van der Waals surface area contributed by atoms with Crippen molar-refractivity contribution in [2.45, 2.75) is 23.9 Å². The molecular formula is C22H19FN4O3S. The monoisotopic (exact) mass is 438 g/mol. The van der Waals surface area contributed by atoms with Gasteiger partial charge in [0.1, 0.15) is 11.6 Å². The average molecular weight is 438 g/mol. The first-order valence-electron chi connectivity index (χ1n) is 9.67. The van der Waals surface area contributed by atoms with Gasteiger partial charge in [0.05, 0.1) is 11.5 Å². The van der Waals surface area contributed by atoms with E-state index in [2.05, 4.69) is 20.6 Å². The van der Waals surface area contributed by atoms with E-state index in [-0.39, 0.29) is 23.5 Å². The number of nitrogens with zero attached hydrogens (tertiary/aromatic N) is 1. The van der Waals surface area contributed by atoms with Gasteiger partial charge in [0.2, 0.25) is 11.8 Å². The van der Waals surface area contributed by atoms with Gasteiger partial charge in [-0.25, -0.2) is 9.37 Å². The summed E-state index contributed by atoms with van der Waals surface area (Å²) in [5.41, 5.74) is 1.03. The Balaban J connectivity index is 1.52. The molecule has 2 heterocycles. The van der Waals surface area contributed by atoms with Crippen molar-refractivity contribution in [3.05, 3.63) is 81.9 Å². The fourth-order valence-corrected chi connectivity index (χ4v) is 4.20. The Labute approximate surface area is 181 Å². The van der Waals surface area contributed by atoms with E-state index in [1.54, 1.807) is 0 Å². The molecule has 0 aliphatic carbocycles. The highest BCUT2D eigenvalue weighted by Gasteiger charge is 2.34. The predicted molar refractivity (Wildman–Crippen MR) is 117 cm³/mol. The maximum absolute atomic E-state index is 13.4. The summed E-state index contributed by atoms with van der Waals surface area (Å²) < 4.78 is 13.4. The number of aryl methyl sites for hydroxylation is 1. The number of amides is 2. The van der Waals surface area contributed by atoms with Crippen LogP contribution in [0.3, 0.4) is 0 Å². The standard InChI is InChI=1S/C22H19FN4O3S/c23-14-7-4-8-15(11-14)24-20(29)16-12-17(28)25-19-18(16)21(30)27-22(26-19)31-10-9-13-5-2-1-3-6-13/h1-8,11,16H,9-10,12H2,(H,24,29)(H2,25,26,27,28,30)/t16-/m0/s1. The molecule has 158 valence electrons. The lowest BCUT2D eigenvalue weighted by molar-refractivity contribution is -0.123. The summed E-state index contributed by atoms with van der Waals surface area (Å²) in [6.07, 6.45) is 0.594. The van der Waals surface area contributed by atoms with Crippen LogP contribution in [0, 0.1) is 5.82 Å². The Hall–Kier alpha value is -3.46. The third kappa shape index (κ3) is 5.00. The second-order valence-corrected chi connectivity index (χ2v) is 8.11. The Kier molecular flexibility index (Phi) is 6.13. The molecule has 3 N–H and O–H groups in total. The van der Waals surface area contributed by atoms with Crippen molar-refractivity contribution >= 4 is 35.1 Å². The molecule has 0 bridgehead atoms. The summed E-state index contributed by atoms with van der Waals surface area (Å²) in [7, 11) is 0.